The number of aryl methyl sites for hydroxylation is 2. The van der Waals surface area contributed by atoms with Crippen LogP contribution < -0.4 is 15.1 Å². The number of aromatic nitrogens is 2. The minimum Gasteiger partial charge on any atom is -0.378 e. The standard InChI is InChI=1S/C20H29N7O.HI/c1-15-10-17(24(3)4)7-6-16(15)11-22-20(21-2)26-8-9-27(19(28)14-26)18-12-23-25(5)13-18;/h6-7,10,12-13H,8-9,11,14H2,1-5H3,(H,21,22);1H. The minimum atomic E-state index is 0. The fraction of sp³-hybridized carbons (Fsp3) is 0.450. The molecule has 1 saturated heterocycles. The summed E-state index contributed by atoms with van der Waals surface area (Å²) in [6.07, 6.45) is 3.58. The van der Waals surface area contributed by atoms with Gasteiger partial charge >= 0.3 is 0 Å². The summed E-state index contributed by atoms with van der Waals surface area (Å²) < 4.78 is 1.71. The van der Waals surface area contributed by atoms with E-state index in [1.807, 2.05) is 32.2 Å². The van der Waals surface area contributed by atoms with Crippen LogP contribution in [-0.4, -0.2) is 67.3 Å². The molecule has 1 aromatic carbocycles. The average Bonchev–Trinajstić information content (AvgIpc) is 3.09. The molecule has 1 aliphatic rings. The van der Waals surface area contributed by atoms with Crippen LogP contribution in [0.15, 0.2) is 35.6 Å². The summed E-state index contributed by atoms with van der Waals surface area (Å²) in [6.45, 7) is 4.42. The molecule has 1 aromatic heterocycles. The number of aliphatic imine (C=N–C) groups is 1. The molecule has 29 heavy (non-hydrogen) atoms. The molecule has 9 heteroatoms. The first kappa shape index (κ1) is 23.0. The van der Waals surface area contributed by atoms with Crippen molar-refractivity contribution in [3.05, 3.63) is 41.7 Å². The predicted octanol–water partition coefficient (Wildman–Crippen LogP) is 1.84. The molecule has 8 nitrogen and oxygen atoms in total. The van der Waals surface area contributed by atoms with E-state index in [2.05, 4.69) is 45.4 Å². The fourth-order valence-electron chi connectivity index (χ4n) is 3.34. The Morgan fingerprint density at radius 2 is 2.07 bits per heavy atom. The maximum Gasteiger partial charge on any atom is 0.246 e. The summed E-state index contributed by atoms with van der Waals surface area (Å²) in [6, 6.07) is 6.43. The Labute approximate surface area is 189 Å². The van der Waals surface area contributed by atoms with Crippen molar-refractivity contribution >= 4 is 47.2 Å². The molecule has 1 N–H and O–H groups in total. The number of hydrogen-bond acceptors (Lipinski definition) is 4. The monoisotopic (exact) mass is 511 g/mol. The van der Waals surface area contributed by atoms with Crippen molar-refractivity contribution in [1.82, 2.24) is 20.0 Å². The van der Waals surface area contributed by atoms with E-state index in [0.717, 1.165) is 18.2 Å². The van der Waals surface area contributed by atoms with Gasteiger partial charge in [0.05, 0.1) is 11.9 Å². The first-order valence-corrected chi connectivity index (χ1v) is 9.40. The summed E-state index contributed by atoms with van der Waals surface area (Å²) in [4.78, 5) is 22.9. The number of guanidine groups is 1. The number of carbonyl (C=O) groups excluding carboxylic acids is 1. The summed E-state index contributed by atoms with van der Waals surface area (Å²) in [5.74, 6) is 0.795. The Balaban J connectivity index is 0.00000300. The molecule has 3 rings (SSSR count). The molecule has 2 heterocycles. The molecule has 0 bridgehead atoms. The van der Waals surface area contributed by atoms with Gasteiger partial charge in [0.2, 0.25) is 5.91 Å². The molecule has 0 radical (unpaired) electrons. The number of hydrogen-bond donors (Lipinski definition) is 1. The topological polar surface area (TPSA) is 69.0 Å². The number of benzene rings is 1. The SMILES string of the molecule is CN=C(NCc1ccc(N(C)C)cc1C)N1CCN(c2cnn(C)c2)C(=O)C1.I. The van der Waals surface area contributed by atoms with Crippen LogP contribution >= 0.6 is 24.0 Å². The largest absolute Gasteiger partial charge is 0.378 e. The van der Waals surface area contributed by atoms with Crippen molar-refractivity contribution in [1.29, 1.82) is 0 Å². The molecular weight excluding hydrogens is 481 g/mol. The van der Waals surface area contributed by atoms with E-state index in [1.165, 1.54) is 16.8 Å². The normalized spacial score (nSPS) is 14.7. The van der Waals surface area contributed by atoms with Crippen LogP contribution in [0, 0.1) is 6.92 Å². The molecule has 158 valence electrons. The summed E-state index contributed by atoms with van der Waals surface area (Å²) in [5.41, 5.74) is 4.47. The number of halogens is 1. The van der Waals surface area contributed by atoms with Gasteiger partial charge in [0, 0.05) is 59.7 Å². The number of piperazine rings is 1. The molecule has 1 amide bonds. The zero-order valence-electron chi connectivity index (χ0n) is 17.7. The van der Waals surface area contributed by atoms with E-state index in [4.69, 9.17) is 0 Å². The van der Waals surface area contributed by atoms with Crippen molar-refractivity contribution in [2.45, 2.75) is 13.5 Å². The molecule has 0 aliphatic carbocycles. The Bertz CT molecular complexity index is 877. The molecule has 0 spiro atoms. The highest BCUT2D eigenvalue weighted by atomic mass is 127. The molecule has 2 aromatic rings. The number of carbonyl (C=O) groups is 1. The van der Waals surface area contributed by atoms with Crippen LogP contribution in [0.25, 0.3) is 0 Å². The zero-order chi connectivity index (χ0) is 20.3. The van der Waals surface area contributed by atoms with Crippen LogP contribution in [0.1, 0.15) is 11.1 Å². The number of anilines is 2. The second-order valence-corrected chi connectivity index (χ2v) is 7.25. The third kappa shape index (κ3) is 5.40. The highest BCUT2D eigenvalue weighted by molar-refractivity contribution is 14.0. The Morgan fingerprint density at radius 1 is 1.31 bits per heavy atom. The van der Waals surface area contributed by atoms with Gasteiger partial charge in [-0.15, -0.1) is 24.0 Å². The van der Waals surface area contributed by atoms with Crippen molar-refractivity contribution in [3.63, 3.8) is 0 Å². The number of rotatable bonds is 4. The van der Waals surface area contributed by atoms with Gasteiger partial charge in [-0.2, -0.15) is 5.10 Å². The molecule has 1 aliphatic heterocycles. The van der Waals surface area contributed by atoms with Gasteiger partial charge in [0.25, 0.3) is 0 Å². The van der Waals surface area contributed by atoms with Gasteiger partial charge in [0.15, 0.2) is 5.96 Å². The van der Waals surface area contributed by atoms with Crippen molar-refractivity contribution in [2.75, 3.05) is 50.6 Å². The maximum absolute atomic E-state index is 12.6. The third-order valence-electron chi connectivity index (χ3n) is 5.01. The minimum absolute atomic E-state index is 0. The Hall–Kier alpha value is -2.30. The molecular formula is C20H30IN7O. The van der Waals surface area contributed by atoms with Gasteiger partial charge in [-0.25, -0.2) is 0 Å². The lowest BCUT2D eigenvalue weighted by molar-refractivity contribution is -0.120. The van der Waals surface area contributed by atoms with Crippen LogP contribution in [0.2, 0.25) is 0 Å². The van der Waals surface area contributed by atoms with Crippen molar-refractivity contribution in [3.8, 4) is 0 Å². The smallest absolute Gasteiger partial charge is 0.246 e. The third-order valence-corrected chi connectivity index (χ3v) is 5.01. The van der Waals surface area contributed by atoms with Gasteiger partial charge in [0.1, 0.15) is 6.54 Å². The Kier molecular flexibility index (Phi) is 7.88. The van der Waals surface area contributed by atoms with Crippen molar-refractivity contribution < 1.29 is 4.79 Å². The zero-order valence-corrected chi connectivity index (χ0v) is 20.0. The molecule has 1 fully saturated rings. The van der Waals surface area contributed by atoms with E-state index >= 15 is 0 Å². The first-order valence-electron chi connectivity index (χ1n) is 9.40. The van der Waals surface area contributed by atoms with Crippen LogP contribution in [0.4, 0.5) is 11.4 Å². The van der Waals surface area contributed by atoms with Gasteiger partial charge < -0.3 is 20.0 Å². The number of nitrogens with one attached hydrogen (secondary N) is 1. The summed E-state index contributed by atoms with van der Waals surface area (Å²) >= 11 is 0. The fourth-order valence-corrected chi connectivity index (χ4v) is 3.34. The van der Waals surface area contributed by atoms with E-state index in [1.54, 1.807) is 22.8 Å². The predicted molar refractivity (Wildman–Crippen MR) is 128 cm³/mol. The second kappa shape index (κ2) is 9.95. The lowest BCUT2D eigenvalue weighted by Crippen LogP contribution is -2.55. The number of nitrogens with zero attached hydrogens (tertiary/aromatic N) is 6. The number of amides is 1. The van der Waals surface area contributed by atoms with E-state index < -0.39 is 0 Å². The van der Waals surface area contributed by atoms with Gasteiger partial charge in [-0.3, -0.25) is 14.5 Å². The van der Waals surface area contributed by atoms with Crippen LogP contribution in [0.3, 0.4) is 0 Å². The van der Waals surface area contributed by atoms with Gasteiger partial charge in [-0.05, 0) is 30.2 Å². The quantitative estimate of drug-likeness (QED) is 0.386. The van der Waals surface area contributed by atoms with Crippen LogP contribution in [-0.2, 0) is 18.4 Å². The van der Waals surface area contributed by atoms with Gasteiger partial charge in [-0.1, -0.05) is 6.07 Å². The van der Waals surface area contributed by atoms with E-state index in [-0.39, 0.29) is 29.9 Å². The molecule has 0 unspecified atom stereocenters. The molecule has 0 atom stereocenters. The Morgan fingerprint density at radius 3 is 2.62 bits per heavy atom. The maximum atomic E-state index is 12.6. The highest BCUT2D eigenvalue weighted by Gasteiger charge is 2.27. The average molecular weight is 511 g/mol. The molecule has 0 saturated carbocycles. The summed E-state index contributed by atoms with van der Waals surface area (Å²) in [7, 11) is 7.68. The van der Waals surface area contributed by atoms with E-state index in [9.17, 15) is 4.79 Å². The second-order valence-electron chi connectivity index (χ2n) is 7.25. The lowest BCUT2D eigenvalue weighted by atomic mass is 10.1. The lowest BCUT2D eigenvalue weighted by Gasteiger charge is -2.35. The first-order chi connectivity index (χ1) is 13.4. The summed E-state index contributed by atoms with van der Waals surface area (Å²) in [5, 5.41) is 7.55. The van der Waals surface area contributed by atoms with Crippen LogP contribution in [0.5, 0.6) is 0 Å². The highest BCUT2D eigenvalue weighted by Crippen LogP contribution is 2.18. The van der Waals surface area contributed by atoms with E-state index in [0.29, 0.717) is 19.6 Å². The van der Waals surface area contributed by atoms with Crippen molar-refractivity contribution in [2.24, 2.45) is 12.0 Å².